The molecule has 98 valence electrons. The summed E-state index contributed by atoms with van der Waals surface area (Å²) in [5, 5.41) is 11.5. The monoisotopic (exact) mass is 260 g/mol. The molecule has 0 aliphatic carbocycles. The van der Waals surface area contributed by atoms with Crippen molar-refractivity contribution in [2.24, 2.45) is 0 Å². The lowest BCUT2D eigenvalue weighted by molar-refractivity contribution is -0.139. The quantitative estimate of drug-likeness (QED) is 0.713. The third kappa shape index (κ3) is 3.38. The first-order chi connectivity index (χ1) is 9.16. The number of aromatic nitrogens is 3. The number of pyridine rings is 1. The summed E-state index contributed by atoms with van der Waals surface area (Å²) < 4.78 is 0. The molecule has 19 heavy (non-hydrogen) atoms. The number of hydrogen-bond acceptors (Lipinski definition) is 4. The van der Waals surface area contributed by atoms with Gasteiger partial charge in [0.1, 0.15) is 11.7 Å². The van der Waals surface area contributed by atoms with Crippen molar-refractivity contribution in [1.82, 2.24) is 20.3 Å². The molecular weight excluding hydrogens is 248 g/mol. The normalized spacial score (nSPS) is 11.8. The van der Waals surface area contributed by atoms with E-state index >= 15 is 0 Å². The minimum Gasteiger partial charge on any atom is -0.480 e. The standard InChI is InChI=1S/C12H12N4O3/c17-11(9-3-1-2-4-14-9)16-10(12(18)19)5-8-6-13-7-15-8/h1-4,6-7,10H,5H2,(H,13,15)(H,16,17)(H,18,19)/t10-/m0/s1. The second-order valence-electron chi connectivity index (χ2n) is 3.86. The molecule has 7 nitrogen and oxygen atoms in total. The van der Waals surface area contributed by atoms with Crippen LogP contribution >= 0.6 is 0 Å². The van der Waals surface area contributed by atoms with E-state index in [1.807, 2.05) is 0 Å². The SMILES string of the molecule is O=C(N[C@@H](Cc1cnc[nH]1)C(=O)O)c1ccccn1. The molecule has 0 saturated heterocycles. The van der Waals surface area contributed by atoms with E-state index in [0.717, 1.165) is 0 Å². The van der Waals surface area contributed by atoms with Crippen LogP contribution in [0.1, 0.15) is 16.2 Å². The van der Waals surface area contributed by atoms with Crippen LogP contribution in [0, 0.1) is 0 Å². The summed E-state index contributed by atoms with van der Waals surface area (Å²) >= 11 is 0. The Morgan fingerprint density at radius 3 is 2.84 bits per heavy atom. The van der Waals surface area contributed by atoms with E-state index < -0.39 is 17.9 Å². The largest absolute Gasteiger partial charge is 0.480 e. The minimum absolute atomic E-state index is 0.133. The van der Waals surface area contributed by atoms with Crippen molar-refractivity contribution >= 4 is 11.9 Å². The second-order valence-corrected chi connectivity index (χ2v) is 3.86. The van der Waals surface area contributed by atoms with Crippen molar-refractivity contribution in [3.63, 3.8) is 0 Å². The lowest BCUT2D eigenvalue weighted by Crippen LogP contribution is -2.42. The van der Waals surface area contributed by atoms with Crippen LogP contribution in [0.2, 0.25) is 0 Å². The second kappa shape index (κ2) is 5.76. The smallest absolute Gasteiger partial charge is 0.326 e. The molecule has 2 rings (SSSR count). The van der Waals surface area contributed by atoms with Crippen molar-refractivity contribution in [2.45, 2.75) is 12.5 Å². The Bertz CT molecular complexity index is 554. The number of carboxylic acids is 1. The predicted octanol–water partition coefficient (Wildman–Crippen LogP) is 0.230. The number of aliphatic carboxylic acids is 1. The maximum Gasteiger partial charge on any atom is 0.326 e. The highest BCUT2D eigenvalue weighted by Crippen LogP contribution is 2.01. The summed E-state index contributed by atoms with van der Waals surface area (Å²) in [7, 11) is 0. The van der Waals surface area contributed by atoms with E-state index in [-0.39, 0.29) is 12.1 Å². The van der Waals surface area contributed by atoms with Crippen molar-refractivity contribution in [1.29, 1.82) is 0 Å². The summed E-state index contributed by atoms with van der Waals surface area (Å²) in [4.78, 5) is 33.4. The molecule has 3 N–H and O–H groups in total. The summed E-state index contributed by atoms with van der Waals surface area (Å²) in [5.41, 5.74) is 0.812. The van der Waals surface area contributed by atoms with Crippen molar-refractivity contribution in [3.05, 3.63) is 48.3 Å². The third-order valence-electron chi connectivity index (χ3n) is 2.48. The van der Waals surface area contributed by atoms with Crippen LogP contribution in [-0.4, -0.2) is 38.0 Å². The Morgan fingerprint density at radius 2 is 2.26 bits per heavy atom. The van der Waals surface area contributed by atoms with E-state index in [1.165, 1.54) is 24.8 Å². The molecule has 7 heteroatoms. The highest BCUT2D eigenvalue weighted by atomic mass is 16.4. The summed E-state index contributed by atoms with van der Waals surface area (Å²) in [6, 6.07) is 3.82. The molecule has 2 heterocycles. The van der Waals surface area contributed by atoms with Gasteiger partial charge in [0.2, 0.25) is 0 Å². The van der Waals surface area contributed by atoms with Crippen molar-refractivity contribution in [2.75, 3.05) is 0 Å². The molecule has 2 aromatic heterocycles. The first kappa shape index (κ1) is 12.7. The molecule has 0 fully saturated rings. The Morgan fingerprint density at radius 1 is 1.42 bits per heavy atom. The van der Waals surface area contributed by atoms with Gasteiger partial charge in [0.05, 0.1) is 6.33 Å². The van der Waals surface area contributed by atoms with Gasteiger partial charge in [0.15, 0.2) is 0 Å². The highest BCUT2D eigenvalue weighted by Gasteiger charge is 2.22. The number of hydrogen-bond donors (Lipinski definition) is 3. The fourth-order valence-corrected chi connectivity index (χ4v) is 1.55. The number of H-pyrrole nitrogens is 1. The summed E-state index contributed by atoms with van der Waals surface area (Å²) in [6.07, 6.45) is 4.57. The number of carbonyl (C=O) groups is 2. The maximum absolute atomic E-state index is 11.8. The molecule has 0 aliphatic heterocycles. The average Bonchev–Trinajstić information content (AvgIpc) is 2.91. The van der Waals surface area contributed by atoms with Crippen LogP contribution in [0.5, 0.6) is 0 Å². The molecule has 0 aliphatic rings. The van der Waals surface area contributed by atoms with Crippen LogP contribution < -0.4 is 5.32 Å². The van der Waals surface area contributed by atoms with Crippen LogP contribution in [0.4, 0.5) is 0 Å². The minimum atomic E-state index is -1.11. The lowest BCUT2D eigenvalue weighted by atomic mass is 10.1. The average molecular weight is 260 g/mol. The Labute approximate surface area is 108 Å². The zero-order valence-corrected chi connectivity index (χ0v) is 9.91. The summed E-state index contributed by atoms with van der Waals surface area (Å²) in [5.74, 6) is -1.63. The number of amides is 1. The molecule has 0 aromatic carbocycles. The van der Waals surface area contributed by atoms with Gasteiger partial charge >= 0.3 is 5.97 Å². The van der Waals surface area contributed by atoms with E-state index in [0.29, 0.717) is 5.69 Å². The van der Waals surface area contributed by atoms with Gasteiger partial charge in [-0.2, -0.15) is 0 Å². The van der Waals surface area contributed by atoms with Gasteiger partial charge < -0.3 is 15.4 Å². The van der Waals surface area contributed by atoms with Gasteiger partial charge in [-0.1, -0.05) is 6.07 Å². The first-order valence-electron chi connectivity index (χ1n) is 5.59. The van der Waals surface area contributed by atoms with E-state index in [9.17, 15) is 9.59 Å². The van der Waals surface area contributed by atoms with Gasteiger partial charge in [-0.15, -0.1) is 0 Å². The highest BCUT2D eigenvalue weighted by molar-refractivity contribution is 5.94. The molecule has 1 atom stereocenters. The molecule has 2 aromatic rings. The van der Waals surface area contributed by atoms with Crippen LogP contribution in [0.15, 0.2) is 36.9 Å². The number of rotatable bonds is 5. The van der Waals surface area contributed by atoms with Gasteiger partial charge in [-0.3, -0.25) is 9.78 Å². The number of nitrogens with zero attached hydrogens (tertiary/aromatic N) is 2. The zero-order chi connectivity index (χ0) is 13.7. The van der Waals surface area contributed by atoms with Gasteiger partial charge in [-0.05, 0) is 12.1 Å². The summed E-state index contributed by atoms with van der Waals surface area (Å²) in [6.45, 7) is 0. The Hall–Kier alpha value is -2.70. The van der Waals surface area contributed by atoms with E-state index in [4.69, 9.17) is 5.11 Å². The van der Waals surface area contributed by atoms with Crippen molar-refractivity contribution < 1.29 is 14.7 Å². The molecular formula is C12H12N4O3. The topological polar surface area (TPSA) is 108 Å². The zero-order valence-electron chi connectivity index (χ0n) is 9.91. The number of imidazole rings is 1. The van der Waals surface area contributed by atoms with Crippen LogP contribution in [0.25, 0.3) is 0 Å². The van der Waals surface area contributed by atoms with Crippen LogP contribution in [-0.2, 0) is 11.2 Å². The Kier molecular flexibility index (Phi) is 3.87. The lowest BCUT2D eigenvalue weighted by Gasteiger charge is -2.13. The Balaban J connectivity index is 2.05. The number of carboxylic acid groups (broad SMARTS) is 1. The maximum atomic E-state index is 11.8. The van der Waals surface area contributed by atoms with E-state index in [1.54, 1.807) is 12.1 Å². The number of carbonyl (C=O) groups excluding carboxylic acids is 1. The molecule has 0 radical (unpaired) electrons. The van der Waals surface area contributed by atoms with E-state index in [2.05, 4.69) is 20.3 Å². The molecule has 0 bridgehead atoms. The predicted molar refractivity (Wildman–Crippen MR) is 65.4 cm³/mol. The molecule has 0 unspecified atom stereocenters. The first-order valence-corrected chi connectivity index (χ1v) is 5.59. The number of nitrogens with one attached hydrogen (secondary N) is 2. The molecule has 1 amide bonds. The van der Waals surface area contributed by atoms with Gasteiger partial charge in [-0.25, -0.2) is 9.78 Å². The fraction of sp³-hybridized carbons (Fsp3) is 0.167. The third-order valence-corrected chi connectivity index (χ3v) is 2.48. The molecule has 0 saturated carbocycles. The molecule has 0 spiro atoms. The van der Waals surface area contributed by atoms with Gasteiger partial charge in [0, 0.05) is 24.5 Å². The number of aromatic amines is 1. The van der Waals surface area contributed by atoms with Crippen LogP contribution in [0.3, 0.4) is 0 Å². The van der Waals surface area contributed by atoms with Gasteiger partial charge in [0.25, 0.3) is 5.91 Å². The van der Waals surface area contributed by atoms with Crippen molar-refractivity contribution in [3.8, 4) is 0 Å². The fourth-order valence-electron chi connectivity index (χ4n) is 1.55.